The van der Waals surface area contributed by atoms with Crippen molar-refractivity contribution in [3.05, 3.63) is 53.0 Å². The molecule has 6 rings (SSSR count). The van der Waals surface area contributed by atoms with Crippen LogP contribution < -0.4 is 0 Å². The molecule has 0 radical (unpaired) electrons. The van der Waals surface area contributed by atoms with Crippen molar-refractivity contribution in [1.29, 1.82) is 0 Å². The van der Waals surface area contributed by atoms with Crippen molar-refractivity contribution in [3.8, 4) is 0 Å². The van der Waals surface area contributed by atoms with Crippen LogP contribution >= 0.6 is 162 Å². The van der Waals surface area contributed by atoms with Gasteiger partial charge in [0.1, 0.15) is 19.5 Å². The molecule has 33 heavy (non-hydrogen) atoms. The predicted octanol–water partition coefficient (Wildman–Crippen LogP) is 10.4. The van der Waals surface area contributed by atoms with Crippen LogP contribution in [-0.2, 0) is 0 Å². The molecule has 0 spiro atoms. The van der Waals surface area contributed by atoms with E-state index in [1.54, 1.807) is 0 Å². The van der Waals surface area contributed by atoms with Gasteiger partial charge in [-0.3, -0.25) is 0 Å². The first-order chi connectivity index (χ1) is 15.0. The molecule has 5 aliphatic carbocycles. The van der Waals surface area contributed by atoms with Gasteiger partial charge in [-0.05, 0) is 45.9 Å². The molecule has 0 unspecified atom stereocenters. The summed E-state index contributed by atoms with van der Waals surface area (Å²) in [7, 11) is 0. The third-order valence-electron chi connectivity index (χ3n) is 8.09. The van der Waals surface area contributed by atoms with E-state index in [0.29, 0.717) is 0 Å². The van der Waals surface area contributed by atoms with Crippen molar-refractivity contribution >= 4 is 162 Å². The summed E-state index contributed by atoms with van der Waals surface area (Å²) in [4.78, 5) is -6.36. The zero-order valence-electron chi connectivity index (χ0n) is 15.5. The smallest absolute Gasteiger partial charge is 0.109 e. The fourth-order valence-electron chi connectivity index (χ4n) is 6.87. The zero-order valence-corrected chi connectivity index (χ0v) is 26.7. The molecule has 4 bridgehead atoms. The van der Waals surface area contributed by atoms with Crippen LogP contribution in [0.4, 0.5) is 0 Å². The maximum absolute atomic E-state index is 7.29. The summed E-state index contributed by atoms with van der Waals surface area (Å²) in [5, 5.41) is 0.274. The van der Waals surface area contributed by atoms with Crippen LogP contribution in [-0.4, -0.2) is 28.2 Å². The largest absolute Gasteiger partial charge is 0.167 e. The molecule has 2 saturated carbocycles. The lowest BCUT2D eigenvalue weighted by Gasteiger charge is -2.52. The first-order valence-electron chi connectivity index (χ1n) is 9.43. The molecule has 8 atom stereocenters. The number of hydrogen-bond donors (Lipinski definition) is 0. The van der Waals surface area contributed by atoms with E-state index >= 15 is 0 Å². The Kier molecular flexibility index (Phi) is 5.67. The van der Waals surface area contributed by atoms with Gasteiger partial charge in [0.15, 0.2) is 8.67 Å². The van der Waals surface area contributed by atoms with Crippen molar-refractivity contribution < 1.29 is 0 Å². The highest BCUT2D eigenvalue weighted by Gasteiger charge is 2.91. The van der Waals surface area contributed by atoms with Gasteiger partial charge >= 0.3 is 0 Å². The molecule has 0 saturated heterocycles. The van der Waals surface area contributed by atoms with Crippen molar-refractivity contribution in [2.24, 2.45) is 11.8 Å². The van der Waals surface area contributed by atoms with Gasteiger partial charge in [-0.1, -0.05) is 98.9 Å². The van der Waals surface area contributed by atoms with Gasteiger partial charge in [-0.15, -0.1) is 46.4 Å². The summed E-state index contributed by atoms with van der Waals surface area (Å²) >= 11 is 85.9. The van der Waals surface area contributed by atoms with Crippen molar-refractivity contribution in [2.45, 2.75) is 40.0 Å². The minimum absolute atomic E-state index is 0.0485. The Morgan fingerprint density at radius 3 is 1.33 bits per heavy atom. The van der Waals surface area contributed by atoms with Gasteiger partial charge < -0.3 is 0 Å². The zero-order chi connectivity index (χ0) is 24.5. The van der Waals surface area contributed by atoms with Crippen LogP contribution in [0.3, 0.4) is 0 Å². The van der Waals surface area contributed by atoms with E-state index in [-0.39, 0.29) is 20.1 Å². The van der Waals surface area contributed by atoms with Crippen LogP contribution in [0.2, 0.25) is 0 Å². The van der Waals surface area contributed by atoms with Gasteiger partial charge in [0.25, 0.3) is 0 Å². The van der Waals surface area contributed by atoms with E-state index < -0.39 is 51.8 Å². The Labute approximate surface area is 263 Å². The summed E-state index contributed by atoms with van der Waals surface area (Å²) in [6.45, 7) is 0. The number of hydrogen-bond acceptors (Lipinski definition) is 0. The Bertz CT molecular complexity index is 1240. The first kappa shape index (κ1) is 26.1. The maximum Gasteiger partial charge on any atom is 0.167 e. The molecule has 1 aromatic rings. The lowest BCUT2D eigenvalue weighted by molar-refractivity contribution is 0.201. The molecule has 2 fully saturated rings. The average Bonchev–Trinajstić information content (AvgIpc) is 3.08. The van der Waals surface area contributed by atoms with E-state index in [2.05, 4.69) is 22.6 Å². The second-order valence-corrected chi connectivity index (χ2v) is 16.8. The lowest BCUT2D eigenvalue weighted by Crippen LogP contribution is -2.53. The van der Waals surface area contributed by atoms with Gasteiger partial charge in [-0.2, -0.15) is 0 Å². The highest BCUT2D eigenvalue weighted by molar-refractivity contribution is 14.1. The van der Waals surface area contributed by atoms with Crippen LogP contribution in [0.15, 0.2) is 38.3 Å². The van der Waals surface area contributed by atoms with E-state index in [4.69, 9.17) is 139 Å². The second-order valence-electron chi connectivity index (χ2n) is 9.03. The number of alkyl halides is 8. The molecule has 1 aromatic carbocycles. The molecule has 0 N–H and O–H groups in total. The second kappa shape index (κ2) is 7.15. The van der Waals surface area contributed by atoms with Gasteiger partial charge in [0, 0.05) is 27.2 Å². The van der Waals surface area contributed by atoms with Gasteiger partial charge in [0.05, 0.1) is 20.1 Å². The van der Waals surface area contributed by atoms with E-state index in [1.807, 2.05) is 18.2 Å². The van der Waals surface area contributed by atoms with Gasteiger partial charge in [-0.25, -0.2) is 0 Å². The topological polar surface area (TPSA) is 0 Å². The third-order valence-corrected chi connectivity index (χ3v) is 17.3. The molecule has 0 aromatic heterocycles. The summed E-state index contributed by atoms with van der Waals surface area (Å²) in [5.74, 6) is -2.58. The van der Waals surface area contributed by atoms with Crippen LogP contribution in [0.25, 0.3) is 0 Å². The highest BCUT2D eigenvalue weighted by Crippen LogP contribution is 2.88. The molecule has 13 heteroatoms. The number of fused-ring (bicyclic) bond motifs is 14. The number of rotatable bonds is 0. The van der Waals surface area contributed by atoms with Crippen LogP contribution in [0.1, 0.15) is 23.0 Å². The lowest BCUT2D eigenvalue weighted by atomic mass is 9.57. The summed E-state index contributed by atoms with van der Waals surface area (Å²) < 4.78 is -2.68. The maximum atomic E-state index is 7.29. The number of halogens is 13. The molecule has 0 aliphatic heterocycles. The Balaban J connectivity index is 1.79. The quantitative estimate of drug-likeness (QED) is 0.181. The normalized spacial score (nSPS) is 50.1. The van der Waals surface area contributed by atoms with E-state index in [9.17, 15) is 0 Å². The fourth-order valence-corrected chi connectivity index (χ4v) is 13.4. The van der Waals surface area contributed by atoms with E-state index in [1.165, 1.54) is 0 Å². The fraction of sp³-hybridized carbons (Fsp3) is 0.500. The van der Waals surface area contributed by atoms with Gasteiger partial charge in [0.2, 0.25) is 0 Å². The summed E-state index contributed by atoms with van der Waals surface area (Å²) in [6.07, 6.45) is 0. The predicted molar refractivity (Wildman–Crippen MR) is 152 cm³/mol. The van der Waals surface area contributed by atoms with Crippen molar-refractivity contribution in [3.63, 3.8) is 0 Å². The molecule has 5 aliphatic rings. The standard InChI is InChI=1S/C20H7Cl12I/c21-11-13(23)17(27)9-7(15(11,25)19(17,29)30)5-2-1-4(33)3-6(5)8-10(9)18(28)14(24)12(22)16(8,26)20(18,31)32/h1-3,7-10H/t7-,8+,9+,10+,15+,16+,17+,18+/m1/s1. The SMILES string of the molecule is ClC1=C(Cl)[C@@]2(Cl)[C@@H]3c4ccc(I)cc4[C@H]4[C@@H]([C@H]3[C@@]1(Cl)C2(Cl)Cl)[C@]1(Cl)C(Cl)=C(Cl)[C@]4(Cl)C1(Cl)Cl. The Hall–Kier alpha value is 2.91. The van der Waals surface area contributed by atoms with Crippen LogP contribution in [0, 0.1) is 15.4 Å². The minimum Gasteiger partial charge on any atom is -0.109 e. The van der Waals surface area contributed by atoms with E-state index in [0.717, 1.165) is 14.7 Å². The summed E-state index contributed by atoms with van der Waals surface area (Å²) in [6, 6.07) is 5.82. The minimum atomic E-state index is -1.81. The third kappa shape index (κ3) is 2.31. The van der Waals surface area contributed by atoms with Crippen molar-refractivity contribution in [2.75, 3.05) is 0 Å². The molecular weight excluding hydrogens is 793 g/mol. The highest BCUT2D eigenvalue weighted by atomic mass is 127. The monoisotopic (exact) mass is 794 g/mol. The summed E-state index contributed by atoms with van der Waals surface area (Å²) in [5.41, 5.74) is 1.60. The van der Waals surface area contributed by atoms with Crippen LogP contribution in [0.5, 0.6) is 0 Å². The molecule has 0 amide bonds. The average molecular weight is 800 g/mol. The van der Waals surface area contributed by atoms with Crippen molar-refractivity contribution in [1.82, 2.24) is 0 Å². The number of allylic oxidation sites excluding steroid dienone is 4. The molecule has 178 valence electrons. The Morgan fingerprint density at radius 2 is 0.909 bits per heavy atom. The molecule has 0 nitrogen and oxygen atoms in total. The molecular formula is C20H7Cl12I. The molecule has 0 heterocycles. The number of benzene rings is 1. The Morgan fingerprint density at radius 1 is 0.545 bits per heavy atom. The first-order valence-corrected chi connectivity index (χ1v) is 15.0.